The van der Waals surface area contributed by atoms with Crippen molar-refractivity contribution >= 4 is 24.2 Å². The molecule has 0 aromatic carbocycles. The molecule has 2 aromatic rings. The second kappa shape index (κ2) is 8.41. The number of hydrogen-bond acceptors (Lipinski definition) is 6. The molecule has 2 aromatic heterocycles. The predicted molar refractivity (Wildman–Crippen MR) is 85.6 cm³/mol. The van der Waals surface area contributed by atoms with E-state index in [-0.39, 0.29) is 12.4 Å². The first-order valence-corrected chi connectivity index (χ1v) is 7.74. The third-order valence-corrected chi connectivity index (χ3v) is 3.91. The molecule has 0 fully saturated rings. The van der Waals surface area contributed by atoms with E-state index in [1.807, 2.05) is 17.7 Å². The summed E-state index contributed by atoms with van der Waals surface area (Å²) in [5, 5.41) is 13.3. The highest BCUT2D eigenvalue weighted by atomic mass is 35.5. The van der Waals surface area contributed by atoms with E-state index in [2.05, 4.69) is 29.2 Å². The van der Waals surface area contributed by atoms with Gasteiger partial charge in [-0.1, -0.05) is 30.8 Å². The first kappa shape index (κ1) is 18.0. The summed E-state index contributed by atoms with van der Waals surface area (Å²) in [5.74, 6) is 3.16. The second-order valence-electron chi connectivity index (χ2n) is 5.17. The molecule has 118 valence electrons. The number of hydrogen-bond donors (Lipinski definition) is 1. The molecule has 2 heterocycles. The van der Waals surface area contributed by atoms with Crippen molar-refractivity contribution in [1.82, 2.24) is 19.9 Å². The van der Waals surface area contributed by atoms with Gasteiger partial charge >= 0.3 is 0 Å². The van der Waals surface area contributed by atoms with Crippen molar-refractivity contribution in [3.8, 4) is 0 Å². The van der Waals surface area contributed by atoms with Gasteiger partial charge in [0, 0.05) is 31.7 Å². The molecule has 0 amide bonds. The van der Waals surface area contributed by atoms with Crippen LogP contribution in [0.1, 0.15) is 31.1 Å². The number of nitrogens with zero attached hydrogens (tertiary/aromatic N) is 4. The zero-order chi connectivity index (χ0) is 14.5. The number of thioether (sulfide) groups is 1. The minimum absolute atomic E-state index is 0. The normalized spacial score (nSPS) is 10.9. The van der Waals surface area contributed by atoms with Gasteiger partial charge in [-0.05, 0) is 12.5 Å². The Kier molecular flexibility index (Phi) is 7.21. The number of nitrogens with two attached hydrogens (primary N) is 1. The molecule has 0 spiro atoms. The lowest BCUT2D eigenvalue weighted by Gasteiger charge is -2.01. The van der Waals surface area contributed by atoms with Gasteiger partial charge in [0.15, 0.2) is 5.16 Å². The summed E-state index contributed by atoms with van der Waals surface area (Å²) < 4.78 is 7.29. The molecule has 0 saturated carbocycles. The maximum atomic E-state index is 5.54. The molecule has 0 bridgehead atoms. The Hall–Kier alpha value is -1.05. The molecule has 0 saturated heterocycles. The number of aromatic nitrogens is 4. The fourth-order valence-corrected chi connectivity index (χ4v) is 2.69. The number of halogens is 1. The van der Waals surface area contributed by atoms with Crippen molar-refractivity contribution in [2.45, 2.75) is 37.6 Å². The summed E-state index contributed by atoms with van der Waals surface area (Å²) in [6.45, 7) is 4.91. The lowest BCUT2D eigenvalue weighted by atomic mass is 10.1. The van der Waals surface area contributed by atoms with Gasteiger partial charge in [-0.15, -0.1) is 22.6 Å². The van der Waals surface area contributed by atoms with Crippen LogP contribution in [0, 0.1) is 5.92 Å². The molecule has 0 radical (unpaired) electrons. The van der Waals surface area contributed by atoms with Crippen molar-refractivity contribution in [2.24, 2.45) is 18.7 Å². The zero-order valence-corrected chi connectivity index (χ0v) is 14.2. The van der Waals surface area contributed by atoms with Gasteiger partial charge in [-0.3, -0.25) is 0 Å². The van der Waals surface area contributed by atoms with Gasteiger partial charge in [0.1, 0.15) is 11.6 Å². The summed E-state index contributed by atoms with van der Waals surface area (Å²) in [4.78, 5) is 0. The van der Waals surface area contributed by atoms with E-state index < -0.39 is 0 Å². The predicted octanol–water partition coefficient (Wildman–Crippen LogP) is 2.22. The fourth-order valence-electron chi connectivity index (χ4n) is 1.88. The van der Waals surface area contributed by atoms with E-state index in [9.17, 15) is 0 Å². The maximum Gasteiger partial charge on any atom is 0.191 e. The third-order valence-electron chi connectivity index (χ3n) is 2.86. The van der Waals surface area contributed by atoms with E-state index in [0.717, 1.165) is 41.0 Å². The Morgan fingerprint density at radius 1 is 1.38 bits per heavy atom. The minimum atomic E-state index is 0. The molecule has 8 heteroatoms. The van der Waals surface area contributed by atoms with Crippen LogP contribution in [0.15, 0.2) is 15.7 Å². The molecule has 0 aliphatic heterocycles. The van der Waals surface area contributed by atoms with Crippen LogP contribution in [-0.2, 0) is 25.6 Å². The highest BCUT2D eigenvalue weighted by Crippen LogP contribution is 2.21. The van der Waals surface area contributed by atoms with Crippen LogP contribution in [0.4, 0.5) is 0 Å². The lowest BCUT2D eigenvalue weighted by Crippen LogP contribution is -2.08. The van der Waals surface area contributed by atoms with Gasteiger partial charge in [-0.2, -0.15) is 0 Å². The minimum Gasteiger partial charge on any atom is -0.361 e. The summed E-state index contributed by atoms with van der Waals surface area (Å²) >= 11 is 1.61. The summed E-state index contributed by atoms with van der Waals surface area (Å²) in [7, 11) is 1.96. The van der Waals surface area contributed by atoms with E-state index in [1.165, 1.54) is 0 Å². The van der Waals surface area contributed by atoms with Crippen molar-refractivity contribution < 1.29 is 4.52 Å². The molecule has 2 rings (SSSR count). The van der Waals surface area contributed by atoms with Crippen LogP contribution in [0.5, 0.6) is 0 Å². The van der Waals surface area contributed by atoms with Crippen molar-refractivity contribution in [2.75, 3.05) is 6.54 Å². The first-order valence-electron chi connectivity index (χ1n) is 6.75. The van der Waals surface area contributed by atoms with E-state index in [1.54, 1.807) is 11.8 Å². The smallest absolute Gasteiger partial charge is 0.191 e. The SMILES string of the molecule is CC(C)Cc1cc(CSc2nnc(CCN)n2C)no1.Cl. The molecule has 2 N–H and O–H groups in total. The Morgan fingerprint density at radius 2 is 2.14 bits per heavy atom. The monoisotopic (exact) mass is 331 g/mol. The molecule has 6 nitrogen and oxygen atoms in total. The first-order chi connectivity index (χ1) is 9.60. The van der Waals surface area contributed by atoms with Crippen molar-refractivity contribution in [3.05, 3.63) is 23.3 Å². The Labute approximate surface area is 135 Å². The van der Waals surface area contributed by atoms with Gasteiger partial charge in [0.25, 0.3) is 0 Å². The van der Waals surface area contributed by atoms with Crippen molar-refractivity contribution in [1.29, 1.82) is 0 Å². The lowest BCUT2D eigenvalue weighted by molar-refractivity contribution is 0.365. The Bertz CT molecular complexity index is 555. The number of rotatable bonds is 7. The highest BCUT2D eigenvalue weighted by molar-refractivity contribution is 7.98. The molecular weight excluding hydrogens is 310 g/mol. The Morgan fingerprint density at radius 3 is 2.81 bits per heavy atom. The largest absolute Gasteiger partial charge is 0.361 e. The fraction of sp³-hybridized carbons (Fsp3) is 0.615. The van der Waals surface area contributed by atoms with Gasteiger partial charge < -0.3 is 14.8 Å². The van der Waals surface area contributed by atoms with Crippen LogP contribution in [0.3, 0.4) is 0 Å². The van der Waals surface area contributed by atoms with Gasteiger partial charge in [-0.25, -0.2) is 0 Å². The van der Waals surface area contributed by atoms with E-state index in [4.69, 9.17) is 10.3 Å². The molecule has 0 atom stereocenters. The van der Waals surface area contributed by atoms with Crippen molar-refractivity contribution in [3.63, 3.8) is 0 Å². The topological polar surface area (TPSA) is 82.8 Å². The summed E-state index contributed by atoms with van der Waals surface area (Å²) in [6.07, 6.45) is 1.66. The summed E-state index contributed by atoms with van der Waals surface area (Å²) in [5.41, 5.74) is 6.47. The standard InChI is InChI=1S/C13H21N5OS.ClH/c1-9(2)6-11-7-10(17-19-11)8-20-13-16-15-12(4-5-14)18(13)3;/h7,9H,4-6,8,14H2,1-3H3;1H. The molecule has 0 aliphatic carbocycles. The third kappa shape index (κ3) is 5.01. The molecule has 0 aliphatic rings. The molecule has 0 unspecified atom stereocenters. The maximum absolute atomic E-state index is 5.54. The highest BCUT2D eigenvalue weighted by Gasteiger charge is 2.11. The van der Waals surface area contributed by atoms with E-state index in [0.29, 0.717) is 12.5 Å². The van der Waals surface area contributed by atoms with Crippen LogP contribution in [-0.4, -0.2) is 26.5 Å². The van der Waals surface area contributed by atoms with Gasteiger partial charge in [0.2, 0.25) is 0 Å². The zero-order valence-electron chi connectivity index (χ0n) is 12.6. The summed E-state index contributed by atoms with van der Waals surface area (Å²) in [6, 6.07) is 2.02. The Balaban J connectivity index is 0.00000220. The average Bonchev–Trinajstić information content (AvgIpc) is 2.96. The van der Waals surface area contributed by atoms with Crippen LogP contribution >= 0.6 is 24.2 Å². The average molecular weight is 332 g/mol. The molecular formula is C13H22ClN5OS. The molecule has 21 heavy (non-hydrogen) atoms. The van der Waals surface area contributed by atoms with Crippen LogP contribution in [0.25, 0.3) is 0 Å². The van der Waals surface area contributed by atoms with Crippen LogP contribution < -0.4 is 5.73 Å². The van der Waals surface area contributed by atoms with E-state index >= 15 is 0 Å². The second-order valence-corrected chi connectivity index (χ2v) is 6.11. The quantitative estimate of drug-likeness (QED) is 0.783. The van der Waals surface area contributed by atoms with Crippen LogP contribution in [0.2, 0.25) is 0 Å². The van der Waals surface area contributed by atoms with Gasteiger partial charge in [0.05, 0.1) is 5.69 Å².